The summed E-state index contributed by atoms with van der Waals surface area (Å²) in [6.07, 6.45) is 4.18. The predicted octanol–water partition coefficient (Wildman–Crippen LogP) is 1.52. The number of ether oxygens (including phenoxy) is 1. The standard InChI is InChI=1S/C15H20N6O3/c1-15(2,3)24-14(23)16-7-6-13(22)20-11-4-5-12(17-8-11)21-9-18-19-10-21/h4-5,8-10H,6-7H2,1-3H3,(H,16,23)(H,20,22). The molecular formula is C15H20N6O3. The van der Waals surface area contributed by atoms with E-state index in [1.807, 2.05) is 0 Å². The van der Waals surface area contributed by atoms with Gasteiger partial charge in [-0.3, -0.25) is 9.36 Å². The Morgan fingerprint density at radius 3 is 2.50 bits per heavy atom. The first-order chi connectivity index (χ1) is 11.3. The molecule has 9 heteroatoms. The summed E-state index contributed by atoms with van der Waals surface area (Å²) in [6.45, 7) is 5.51. The minimum absolute atomic E-state index is 0.131. The van der Waals surface area contributed by atoms with Crippen LogP contribution >= 0.6 is 0 Å². The molecule has 2 aromatic heterocycles. The molecule has 0 aliphatic heterocycles. The molecule has 2 rings (SSSR count). The summed E-state index contributed by atoms with van der Waals surface area (Å²) in [7, 11) is 0. The lowest BCUT2D eigenvalue weighted by Gasteiger charge is -2.19. The van der Waals surface area contributed by atoms with Crippen LogP contribution in [0.15, 0.2) is 31.0 Å². The molecule has 0 bridgehead atoms. The molecule has 0 fully saturated rings. The van der Waals surface area contributed by atoms with Crippen LogP contribution in [-0.2, 0) is 9.53 Å². The number of pyridine rings is 1. The van der Waals surface area contributed by atoms with E-state index < -0.39 is 11.7 Å². The van der Waals surface area contributed by atoms with Crippen molar-refractivity contribution in [1.29, 1.82) is 0 Å². The molecule has 0 unspecified atom stereocenters. The maximum absolute atomic E-state index is 11.8. The second kappa shape index (κ2) is 7.53. The van der Waals surface area contributed by atoms with Crippen LogP contribution in [0.2, 0.25) is 0 Å². The van der Waals surface area contributed by atoms with Crippen molar-refractivity contribution in [2.24, 2.45) is 0 Å². The Kier molecular flexibility index (Phi) is 5.46. The SMILES string of the molecule is CC(C)(C)OC(=O)NCCC(=O)Nc1ccc(-n2cnnc2)nc1. The van der Waals surface area contributed by atoms with Crippen molar-refractivity contribution in [2.75, 3.05) is 11.9 Å². The van der Waals surface area contributed by atoms with Gasteiger partial charge in [-0.15, -0.1) is 10.2 Å². The minimum atomic E-state index is -0.565. The van der Waals surface area contributed by atoms with Crippen molar-refractivity contribution < 1.29 is 14.3 Å². The topological polar surface area (TPSA) is 111 Å². The average molecular weight is 332 g/mol. The van der Waals surface area contributed by atoms with Gasteiger partial charge >= 0.3 is 6.09 Å². The Bertz CT molecular complexity index is 676. The maximum atomic E-state index is 11.8. The summed E-state index contributed by atoms with van der Waals surface area (Å²) in [6, 6.07) is 3.46. The van der Waals surface area contributed by atoms with Gasteiger partial charge in [0.25, 0.3) is 0 Å². The fraction of sp³-hybridized carbons (Fsp3) is 0.400. The van der Waals surface area contributed by atoms with Gasteiger partial charge in [-0.05, 0) is 32.9 Å². The van der Waals surface area contributed by atoms with E-state index in [1.54, 1.807) is 37.5 Å². The van der Waals surface area contributed by atoms with E-state index in [2.05, 4.69) is 25.8 Å². The van der Waals surface area contributed by atoms with Gasteiger partial charge < -0.3 is 15.4 Å². The zero-order chi connectivity index (χ0) is 17.6. The molecule has 0 saturated heterocycles. The number of aromatic nitrogens is 4. The first kappa shape index (κ1) is 17.4. The second-order valence-corrected chi connectivity index (χ2v) is 6.00. The lowest BCUT2D eigenvalue weighted by atomic mass is 10.2. The highest BCUT2D eigenvalue weighted by molar-refractivity contribution is 5.90. The van der Waals surface area contributed by atoms with E-state index in [1.165, 1.54) is 18.9 Å². The highest BCUT2D eigenvalue weighted by atomic mass is 16.6. The van der Waals surface area contributed by atoms with Gasteiger partial charge in [-0.25, -0.2) is 9.78 Å². The summed E-state index contributed by atoms with van der Waals surface area (Å²) in [5, 5.41) is 12.6. The smallest absolute Gasteiger partial charge is 0.407 e. The van der Waals surface area contributed by atoms with Crippen LogP contribution in [0.1, 0.15) is 27.2 Å². The van der Waals surface area contributed by atoms with Crippen LogP contribution in [0.3, 0.4) is 0 Å². The molecular weight excluding hydrogens is 312 g/mol. The molecule has 24 heavy (non-hydrogen) atoms. The molecule has 2 heterocycles. The van der Waals surface area contributed by atoms with Crippen LogP contribution in [-0.4, -0.2) is 43.9 Å². The summed E-state index contributed by atoms with van der Waals surface area (Å²) in [5.41, 5.74) is -0.000990. The molecule has 2 aromatic rings. The van der Waals surface area contributed by atoms with E-state index in [0.29, 0.717) is 11.5 Å². The highest BCUT2D eigenvalue weighted by Crippen LogP contribution is 2.09. The fourth-order valence-electron chi connectivity index (χ4n) is 1.75. The zero-order valence-corrected chi connectivity index (χ0v) is 13.8. The van der Waals surface area contributed by atoms with Crippen molar-refractivity contribution in [1.82, 2.24) is 25.1 Å². The minimum Gasteiger partial charge on any atom is -0.444 e. The first-order valence-electron chi connectivity index (χ1n) is 7.41. The fourth-order valence-corrected chi connectivity index (χ4v) is 1.75. The van der Waals surface area contributed by atoms with E-state index in [9.17, 15) is 9.59 Å². The quantitative estimate of drug-likeness (QED) is 0.858. The summed E-state index contributed by atoms with van der Waals surface area (Å²) < 4.78 is 6.73. The predicted molar refractivity (Wildman–Crippen MR) is 86.6 cm³/mol. The van der Waals surface area contributed by atoms with Crippen LogP contribution in [0.5, 0.6) is 0 Å². The zero-order valence-electron chi connectivity index (χ0n) is 13.8. The Morgan fingerprint density at radius 2 is 1.92 bits per heavy atom. The van der Waals surface area contributed by atoms with Crippen LogP contribution in [0.25, 0.3) is 5.82 Å². The lowest BCUT2D eigenvalue weighted by Crippen LogP contribution is -2.34. The number of amides is 2. The molecule has 0 aromatic carbocycles. The van der Waals surface area contributed by atoms with Crippen LogP contribution in [0, 0.1) is 0 Å². The molecule has 0 spiro atoms. The van der Waals surface area contributed by atoms with Gasteiger partial charge in [0.15, 0.2) is 0 Å². The molecule has 0 aliphatic carbocycles. The molecule has 2 amide bonds. The van der Waals surface area contributed by atoms with E-state index in [0.717, 1.165) is 0 Å². The highest BCUT2D eigenvalue weighted by Gasteiger charge is 2.15. The van der Waals surface area contributed by atoms with Gasteiger partial charge in [-0.2, -0.15) is 0 Å². The van der Waals surface area contributed by atoms with E-state index in [4.69, 9.17) is 4.74 Å². The van der Waals surface area contributed by atoms with E-state index >= 15 is 0 Å². The van der Waals surface area contributed by atoms with Gasteiger partial charge in [-0.1, -0.05) is 0 Å². The Morgan fingerprint density at radius 1 is 1.21 bits per heavy atom. The van der Waals surface area contributed by atoms with Gasteiger partial charge in [0, 0.05) is 13.0 Å². The largest absolute Gasteiger partial charge is 0.444 e. The molecule has 0 atom stereocenters. The Balaban J connectivity index is 1.75. The molecule has 0 aliphatic rings. The number of anilines is 1. The van der Waals surface area contributed by atoms with Crippen LogP contribution in [0.4, 0.5) is 10.5 Å². The number of alkyl carbamates (subject to hydrolysis) is 1. The lowest BCUT2D eigenvalue weighted by molar-refractivity contribution is -0.116. The monoisotopic (exact) mass is 332 g/mol. The third-order valence-corrected chi connectivity index (χ3v) is 2.74. The van der Waals surface area contributed by atoms with Crippen molar-refractivity contribution >= 4 is 17.7 Å². The molecule has 0 saturated carbocycles. The Hall–Kier alpha value is -2.97. The third-order valence-electron chi connectivity index (χ3n) is 2.74. The van der Waals surface area contributed by atoms with Crippen molar-refractivity contribution in [3.63, 3.8) is 0 Å². The Labute approximate surface area is 139 Å². The maximum Gasteiger partial charge on any atom is 0.407 e. The second-order valence-electron chi connectivity index (χ2n) is 6.00. The van der Waals surface area contributed by atoms with Crippen molar-refractivity contribution in [2.45, 2.75) is 32.8 Å². The average Bonchev–Trinajstić information content (AvgIpc) is 3.00. The molecule has 0 radical (unpaired) electrons. The normalized spacial score (nSPS) is 11.0. The summed E-state index contributed by atoms with van der Waals surface area (Å²) in [4.78, 5) is 27.5. The molecule has 2 N–H and O–H groups in total. The van der Waals surface area contributed by atoms with E-state index in [-0.39, 0.29) is 18.9 Å². The number of carbonyl (C=O) groups is 2. The third kappa shape index (κ3) is 5.67. The molecule has 9 nitrogen and oxygen atoms in total. The summed E-state index contributed by atoms with van der Waals surface area (Å²) in [5.74, 6) is 0.412. The molecule has 128 valence electrons. The number of hydrogen-bond donors (Lipinski definition) is 2. The number of carbonyl (C=O) groups excluding carboxylic acids is 2. The van der Waals surface area contributed by atoms with Gasteiger partial charge in [0.05, 0.1) is 11.9 Å². The van der Waals surface area contributed by atoms with Crippen LogP contribution < -0.4 is 10.6 Å². The number of hydrogen-bond acceptors (Lipinski definition) is 6. The number of nitrogens with one attached hydrogen (secondary N) is 2. The number of nitrogens with zero attached hydrogens (tertiary/aromatic N) is 4. The van der Waals surface area contributed by atoms with Gasteiger partial charge in [0.2, 0.25) is 5.91 Å². The van der Waals surface area contributed by atoms with Gasteiger partial charge in [0.1, 0.15) is 24.1 Å². The first-order valence-corrected chi connectivity index (χ1v) is 7.41. The van der Waals surface area contributed by atoms with Crippen molar-refractivity contribution in [3.8, 4) is 5.82 Å². The van der Waals surface area contributed by atoms with Crippen molar-refractivity contribution in [3.05, 3.63) is 31.0 Å². The number of rotatable bonds is 5. The summed E-state index contributed by atoms with van der Waals surface area (Å²) >= 11 is 0.